The normalized spacial score (nSPS) is 25.8. The summed E-state index contributed by atoms with van der Waals surface area (Å²) >= 11 is 0. The van der Waals surface area contributed by atoms with Crippen molar-refractivity contribution >= 4 is 21.9 Å². The van der Waals surface area contributed by atoms with Crippen molar-refractivity contribution in [2.24, 2.45) is 17.3 Å². The van der Waals surface area contributed by atoms with Gasteiger partial charge in [-0.3, -0.25) is 4.79 Å². The number of sulfonamides is 1. The van der Waals surface area contributed by atoms with Gasteiger partial charge in [-0.15, -0.1) is 0 Å². The van der Waals surface area contributed by atoms with E-state index >= 15 is 0 Å². The third-order valence-corrected chi connectivity index (χ3v) is 11.6. The van der Waals surface area contributed by atoms with E-state index in [0.717, 1.165) is 55.2 Å². The van der Waals surface area contributed by atoms with Crippen LogP contribution in [-0.2, 0) is 10.0 Å². The number of aromatic nitrogens is 2. The van der Waals surface area contributed by atoms with Gasteiger partial charge in [0.15, 0.2) is 0 Å². The Morgan fingerprint density at radius 2 is 1.72 bits per heavy atom. The molecule has 2 fully saturated rings. The van der Waals surface area contributed by atoms with Crippen molar-refractivity contribution in [2.75, 3.05) is 11.3 Å². The van der Waals surface area contributed by atoms with E-state index in [0.29, 0.717) is 17.2 Å². The predicted molar refractivity (Wildman–Crippen MR) is 178 cm³/mol. The number of aryl methyl sites for hydroxylation is 2. The minimum absolute atomic E-state index is 0.00864. The molecule has 10 heteroatoms. The fourth-order valence-corrected chi connectivity index (χ4v) is 8.60. The average Bonchev–Trinajstić information content (AvgIpc) is 2.92. The van der Waals surface area contributed by atoms with Crippen molar-refractivity contribution in [1.82, 2.24) is 14.9 Å². The Labute approximate surface area is 272 Å². The van der Waals surface area contributed by atoms with Gasteiger partial charge < -0.3 is 14.7 Å². The molecule has 2 saturated carbocycles. The molecular weight excluding hydrogens is 600 g/mol. The summed E-state index contributed by atoms with van der Waals surface area (Å²) in [6.45, 7) is 12.3. The predicted octanol–water partition coefficient (Wildman–Crippen LogP) is 6.53. The second-order valence-corrected chi connectivity index (χ2v) is 16.5. The van der Waals surface area contributed by atoms with Crippen LogP contribution in [0.4, 0.5) is 5.95 Å². The smallest absolute Gasteiger partial charge is 0.264 e. The second kappa shape index (κ2) is 11.9. The molecule has 0 radical (unpaired) electrons. The van der Waals surface area contributed by atoms with E-state index in [9.17, 15) is 18.3 Å². The first-order chi connectivity index (χ1) is 21.6. The number of hydrogen-bond acceptors (Lipinski definition) is 7. The number of fused-ring (bicyclic) bond motifs is 4. The first-order valence-corrected chi connectivity index (χ1v) is 17.9. The van der Waals surface area contributed by atoms with Crippen LogP contribution in [0.2, 0.25) is 0 Å². The van der Waals surface area contributed by atoms with E-state index in [4.69, 9.17) is 4.74 Å². The van der Waals surface area contributed by atoms with E-state index in [-0.39, 0.29) is 52.7 Å². The van der Waals surface area contributed by atoms with Gasteiger partial charge in [-0.25, -0.2) is 18.1 Å². The standard InChI is InChI=1S/C36H46N4O5S/c1-22(2)13-14-27-21-45-31-16-30(32-23(3)9-7-10-24(32)4)37-34(38-31)39-46(43,44)29-12-8-11-25(15-29)33(41)40(27)28-19-36(20-28)17-26(18-36)35(5,6)42/h7-12,15-16,22,26-28,42H,13-14,17-21H2,1-6H3,(H,37,38,39)/t26-,27-,28-,36?/m1/s1. The lowest BCUT2D eigenvalue weighted by atomic mass is 9.47. The summed E-state index contributed by atoms with van der Waals surface area (Å²) in [5.74, 6) is 0.643. The molecule has 9 nitrogen and oxygen atoms in total. The molecule has 1 amide bonds. The zero-order valence-corrected chi connectivity index (χ0v) is 28.5. The molecule has 0 saturated heterocycles. The van der Waals surface area contributed by atoms with Gasteiger partial charge in [0.25, 0.3) is 15.9 Å². The molecule has 2 N–H and O–H groups in total. The van der Waals surface area contributed by atoms with Crippen LogP contribution in [0.3, 0.4) is 0 Å². The number of nitrogens with one attached hydrogen (secondary N) is 1. The number of carbonyl (C=O) groups excluding carboxylic acids is 1. The van der Waals surface area contributed by atoms with Gasteiger partial charge in [0, 0.05) is 23.2 Å². The van der Waals surface area contributed by atoms with E-state index in [2.05, 4.69) is 28.5 Å². The highest BCUT2D eigenvalue weighted by molar-refractivity contribution is 7.92. The molecule has 2 heterocycles. The maximum atomic E-state index is 14.4. The minimum atomic E-state index is -4.12. The van der Waals surface area contributed by atoms with Crippen LogP contribution in [0.25, 0.3) is 11.3 Å². The summed E-state index contributed by atoms with van der Waals surface area (Å²) in [5.41, 5.74) is 3.19. The van der Waals surface area contributed by atoms with Crippen LogP contribution in [0.1, 0.15) is 87.7 Å². The molecule has 4 bridgehead atoms. The van der Waals surface area contributed by atoms with Gasteiger partial charge in [0.05, 0.1) is 22.2 Å². The molecule has 246 valence electrons. The monoisotopic (exact) mass is 646 g/mol. The fraction of sp³-hybridized carbons (Fsp3) is 0.528. The lowest BCUT2D eigenvalue weighted by Crippen LogP contribution is -2.62. The molecule has 6 rings (SSSR count). The number of carbonyl (C=O) groups is 1. The van der Waals surface area contributed by atoms with Crippen molar-refractivity contribution in [3.05, 3.63) is 65.2 Å². The average molecular weight is 647 g/mol. The molecule has 46 heavy (non-hydrogen) atoms. The van der Waals surface area contributed by atoms with Crippen LogP contribution >= 0.6 is 0 Å². The highest BCUT2D eigenvalue weighted by Gasteiger charge is 2.58. The van der Waals surface area contributed by atoms with Gasteiger partial charge in [-0.2, -0.15) is 4.98 Å². The van der Waals surface area contributed by atoms with Crippen molar-refractivity contribution in [1.29, 1.82) is 0 Å². The Balaban J connectivity index is 1.41. The fourth-order valence-electron chi connectivity index (χ4n) is 7.61. The Hall–Kier alpha value is -3.50. The zero-order valence-electron chi connectivity index (χ0n) is 27.7. The van der Waals surface area contributed by atoms with Crippen molar-refractivity contribution in [3.63, 3.8) is 0 Å². The van der Waals surface area contributed by atoms with Gasteiger partial charge in [-0.1, -0.05) is 38.1 Å². The molecule has 1 aliphatic heterocycles. The number of nitrogens with zero attached hydrogens (tertiary/aromatic N) is 3. The Morgan fingerprint density at radius 3 is 2.37 bits per heavy atom. The number of hydrogen-bond donors (Lipinski definition) is 2. The summed E-state index contributed by atoms with van der Waals surface area (Å²) in [5, 5.41) is 10.6. The van der Waals surface area contributed by atoms with E-state index in [1.807, 2.05) is 50.8 Å². The van der Waals surface area contributed by atoms with Crippen LogP contribution in [0.5, 0.6) is 5.88 Å². The molecule has 2 aromatic carbocycles. The van der Waals surface area contributed by atoms with Crippen LogP contribution in [0, 0.1) is 31.1 Å². The molecule has 2 aliphatic carbocycles. The number of aliphatic hydroxyl groups is 1. The number of ether oxygens (including phenoxy) is 1. The lowest BCUT2D eigenvalue weighted by Gasteiger charge is -2.62. The number of amides is 1. The van der Waals surface area contributed by atoms with Crippen molar-refractivity contribution < 1.29 is 23.1 Å². The summed E-state index contributed by atoms with van der Waals surface area (Å²) < 4.78 is 36.3. The minimum Gasteiger partial charge on any atom is -0.475 e. The van der Waals surface area contributed by atoms with Crippen LogP contribution < -0.4 is 9.46 Å². The maximum absolute atomic E-state index is 14.4. The Kier molecular flexibility index (Phi) is 8.42. The van der Waals surface area contributed by atoms with Crippen molar-refractivity contribution in [3.8, 4) is 17.1 Å². The summed E-state index contributed by atoms with van der Waals surface area (Å²) in [6.07, 6.45) is 5.25. The van der Waals surface area contributed by atoms with Crippen LogP contribution in [0.15, 0.2) is 53.4 Å². The van der Waals surface area contributed by atoms with E-state index in [1.54, 1.807) is 18.2 Å². The summed E-state index contributed by atoms with van der Waals surface area (Å²) in [7, 11) is -4.12. The van der Waals surface area contributed by atoms with Gasteiger partial charge in [0.1, 0.15) is 6.61 Å². The molecule has 1 atom stereocenters. The van der Waals surface area contributed by atoms with E-state index in [1.165, 1.54) is 12.1 Å². The third-order valence-electron chi connectivity index (χ3n) is 10.3. The summed E-state index contributed by atoms with van der Waals surface area (Å²) in [6, 6.07) is 13.7. The first kappa shape index (κ1) is 32.4. The molecule has 0 unspecified atom stereocenters. The highest BCUT2D eigenvalue weighted by Crippen LogP contribution is 2.62. The number of benzene rings is 2. The first-order valence-electron chi connectivity index (χ1n) is 16.4. The molecule has 3 aromatic rings. The molecule has 1 aromatic heterocycles. The molecular formula is C36H46N4O5S. The summed E-state index contributed by atoms with van der Waals surface area (Å²) in [4.78, 5) is 25.5. The zero-order chi connectivity index (χ0) is 33.0. The molecule has 3 aliphatic rings. The van der Waals surface area contributed by atoms with Gasteiger partial charge in [0.2, 0.25) is 11.8 Å². The topological polar surface area (TPSA) is 122 Å². The quantitative estimate of drug-likeness (QED) is 0.312. The van der Waals surface area contributed by atoms with Crippen molar-refractivity contribution in [2.45, 2.75) is 103 Å². The largest absolute Gasteiger partial charge is 0.475 e. The highest BCUT2D eigenvalue weighted by atomic mass is 32.2. The van der Waals surface area contributed by atoms with Gasteiger partial charge >= 0.3 is 0 Å². The molecule has 1 spiro atoms. The SMILES string of the molecule is Cc1cccc(C)c1-c1cc2nc(n1)NS(=O)(=O)c1cccc(c1)C(=O)N([C@H]1CC3(C1)C[C@H](C(C)(C)O)C3)[C@H](CCC(C)C)CO2. The van der Waals surface area contributed by atoms with Crippen LogP contribution in [-0.4, -0.2) is 58.6 Å². The number of rotatable bonds is 6. The van der Waals surface area contributed by atoms with Gasteiger partial charge in [-0.05, 0) is 113 Å². The number of anilines is 1. The second-order valence-electron chi connectivity index (χ2n) is 14.8. The van der Waals surface area contributed by atoms with E-state index < -0.39 is 15.6 Å². The lowest BCUT2D eigenvalue weighted by molar-refractivity contribution is -0.146. The third kappa shape index (κ3) is 6.38. The Bertz CT molecular complexity index is 1710. The Morgan fingerprint density at radius 1 is 1.04 bits per heavy atom. The maximum Gasteiger partial charge on any atom is 0.264 e.